The van der Waals surface area contributed by atoms with E-state index in [9.17, 15) is 13.6 Å². The molecule has 7 heteroatoms. The van der Waals surface area contributed by atoms with Gasteiger partial charge in [-0.3, -0.25) is 9.48 Å². The molecule has 27 heavy (non-hydrogen) atoms. The number of hydrogen-bond donors (Lipinski definition) is 0. The lowest BCUT2D eigenvalue weighted by Gasteiger charge is -2.05. The Morgan fingerprint density at radius 1 is 1.26 bits per heavy atom. The van der Waals surface area contributed by atoms with E-state index in [0.29, 0.717) is 22.8 Å². The molecule has 1 aromatic carbocycles. The number of furan rings is 1. The van der Waals surface area contributed by atoms with Crippen LogP contribution in [-0.4, -0.2) is 15.6 Å². The number of allylic oxidation sites excluding steroid dienone is 1. The van der Waals surface area contributed by atoms with Gasteiger partial charge in [-0.1, -0.05) is 0 Å². The van der Waals surface area contributed by atoms with Crippen molar-refractivity contribution in [1.82, 2.24) is 9.78 Å². The Morgan fingerprint density at radius 3 is 2.70 bits per heavy atom. The summed E-state index contributed by atoms with van der Waals surface area (Å²) in [4.78, 5) is 12.4. The monoisotopic (exact) mass is 372 g/mol. The number of aromatic nitrogens is 2. The number of aryl methyl sites for hydroxylation is 2. The molecule has 0 spiro atoms. The second-order valence-corrected chi connectivity index (χ2v) is 6.03. The van der Waals surface area contributed by atoms with Crippen molar-refractivity contribution >= 4 is 11.9 Å². The molecule has 0 radical (unpaired) electrons. The van der Waals surface area contributed by atoms with Crippen LogP contribution in [-0.2, 0) is 13.7 Å². The van der Waals surface area contributed by atoms with E-state index in [1.165, 1.54) is 12.1 Å². The second-order valence-electron chi connectivity index (χ2n) is 6.03. The molecule has 0 saturated heterocycles. The summed E-state index contributed by atoms with van der Waals surface area (Å²) in [5, 5.41) is 4.22. The Morgan fingerprint density at radius 2 is 2.04 bits per heavy atom. The first-order valence-corrected chi connectivity index (χ1v) is 8.24. The molecule has 2 aromatic heterocycles. The van der Waals surface area contributed by atoms with Gasteiger partial charge in [0.15, 0.2) is 17.3 Å². The fourth-order valence-electron chi connectivity index (χ4n) is 2.67. The van der Waals surface area contributed by atoms with E-state index in [4.69, 9.17) is 9.15 Å². The van der Waals surface area contributed by atoms with Crippen molar-refractivity contribution in [2.24, 2.45) is 7.05 Å². The summed E-state index contributed by atoms with van der Waals surface area (Å²) < 4.78 is 38.9. The first-order valence-electron chi connectivity index (χ1n) is 8.24. The number of halogens is 2. The highest BCUT2D eigenvalue weighted by molar-refractivity contribution is 6.08. The summed E-state index contributed by atoms with van der Waals surface area (Å²) in [5.41, 5.74) is 2.02. The molecule has 140 valence electrons. The Kier molecular flexibility index (Phi) is 5.21. The van der Waals surface area contributed by atoms with Gasteiger partial charge in [0, 0.05) is 18.8 Å². The standard InChI is InChI=1S/C20H18F2N2O3/c1-12-20(13(2)24(3)23-12)18(25)8-7-15-5-6-16(27-15)11-26-19-9-4-14(21)10-17(19)22/h4-10H,11H2,1-3H3. The zero-order valence-corrected chi connectivity index (χ0v) is 15.1. The number of benzene rings is 1. The number of carbonyl (C=O) groups excluding carboxylic acids is 1. The van der Waals surface area contributed by atoms with E-state index in [1.807, 2.05) is 6.92 Å². The topological polar surface area (TPSA) is 57.3 Å². The summed E-state index contributed by atoms with van der Waals surface area (Å²) in [7, 11) is 1.78. The van der Waals surface area contributed by atoms with Gasteiger partial charge in [-0.15, -0.1) is 0 Å². The number of rotatable bonds is 6. The maximum absolute atomic E-state index is 13.5. The van der Waals surface area contributed by atoms with Crippen LogP contribution in [0.3, 0.4) is 0 Å². The molecule has 0 aliphatic heterocycles. The SMILES string of the molecule is Cc1nn(C)c(C)c1C(=O)C=Cc1ccc(COc2ccc(F)cc2F)o1. The predicted molar refractivity (Wildman–Crippen MR) is 95.4 cm³/mol. The van der Waals surface area contributed by atoms with Crippen LogP contribution in [0.25, 0.3) is 6.08 Å². The normalized spacial score (nSPS) is 11.3. The first-order chi connectivity index (χ1) is 12.8. The molecule has 0 unspecified atom stereocenters. The molecular formula is C20H18F2N2O3. The Labute approximate surface area is 154 Å². The first kappa shape index (κ1) is 18.6. The molecule has 0 N–H and O–H groups in total. The predicted octanol–water partition coefficient (Wildman–Crippen LogP) is 4.38. The minimum Gasteiger partial charge on any atom is -0.483 e. The lowest BCUT2D eigenvalue weighted by Crippen LogP contribution is -1.99. The molecule has 0 aliphatic carbocycles. The van der Waals surface area contributed by atoms with E-state index in [-0.39, 0.29) is 18.1 Å². The van der Waals surface area contributed by atoms with E-state index in [1.54, 1.807) is 36.9 Å². The highest BCUT2D eigenvalue weighted by Crippen LogP contribution is 2.20. The van der Waals surface area contributed by atoms with E-state index in [2.05, 4.69) is 5.10 Å². The summed E-state index contributed by atoms with van der Waals surface area (Å²) in [6, 6.07) is 6.41. The molecule has 0 saturated carbocycles. The Balaban J connectivity index is 1.65. The molecule has 0 atom stereocenters. The van der Waals surface area contributed by atoms with Crippen molar-refractivity contribution in [3.8, 4) is 5.75 Å². The van der Waals surface area contributed by atoms with Crippen LogP contribution in [0.5, 0.6) is 5.75 Å². The molecule has 0 fully saturated rings. The molecule has 0 amide bonds. The van der Waals surface area contributed by atoms with Gasteiger partial charge < -0.3 is 9.15 Å². The van der Waals surface area contributed by atoms with Crippen molar-refractivity contribution in [2.45, 2.75) is 20.5 Å². The van der Waals surface area contributed by atoms with Crippen molar-refractivity contribution in [1.29, 1.82) is 0 Å². The summed E-state index contributed by atoms with van der Waals surface area (Å²) in [6.07, 6.45) is 2.97. The van der Waals surface area contributed by atoms with Crippen LogP contribution in [0.1, 0.15) is 33.3 Å². The molecule has 0 aliphatic rings. The fraction of sp³-hybridized carbons (Fsp3) is 0.200. The van der Waals surface area contributed by atoms with E-state index in [0.717, 1.165) is 17.8 Å². The van der Waals surface area contributed by atoms with Gasteiger partial charge in [0.2, 0.25) is 0 Å². The quantitative estimate of drug-likeness (QED) is 0.476. The zero-order valence-electron chi connectivity index (χ0n) is 15.1. The van der Waals surface area contributed by atoms with Gasteiger partial charge in [-0.25, -0.2) is 8.78 Å². The summed E-state index contributed by atoms with van der Waals surface area (Å²) >= 11 is 0. The van der Waals surface area contributed by atoms with Crippen molar-refractivity contribution in [3.05, 3.63) is 76.5 Å². The second kappa shape index (κ2) is 7.57. The maximum atomic E-state index is 13.5. The van der Waals surface area contributed by atoms with Crippen LogP contribution in [0.15, 0.2) is 40.8 Å². The Bertz CT molecular complexity index is 1020. The number of nitrogens with zero attached hydrogens (tertiary/aromatic N) is 2. The summed E-state index contributed by atoms with van der Waals surface area (Å²) in [5.74, 6) is -0.785. The highest BCUT2D eigenvalue weighted by Gasteiger charge is 2.15. The minimum atomic E-state index is -0.783. The van der Waals surface area contributed by atoms with Crippen molar-refractivity contribution in [3.63, 3.8) is 0 Å². The maximum Gasteiger partial charge on any atom is 0.189 e. The van der Waals surface area contributed by atoms with Crippen LogP contribution in [0.4, 0.5) is 8.78 Å². The zero-order chi connectivity index (χ0) is 19.6. The van der Waals surface area contributed by atoms with Crippen LogP contribution in [0, 0.1) is 25.5 Å². The average molecular weight is 372 g/mol. The van der Waals surface area contributed by atoms with Crippen LogP contribution >= 0.6 is 0 Å². The van der Waals surface area contributed by atoms with E-state index >= 15 is 0 Å². The number of ketones is 1. The number of ether oxygens (including phenoxy) is 1. The average Bonchev–Trinajstić information content (AvgIpc) is 3.16. The van der Waals surface area contributed by atoms with Crippen LogP contribution in [0.2, 0.25) is 0 Å². The molecule has 2 heterocycles. The smallest absolute Gasteiger partial charge is 0.189 e. The molecule has 3 rings (SSSR count). The van der Waals surface area contributed by atoms with Gasteiger partial charge in [0.05, 0.1) is 11.3 Å². The van der Waals surface area contributed by atoms with Crippen molar-refractivity contribution in [2.75, 3.05) is 0 Å². The minimum absolute atomic E-state index is 0.0227. The van der Waals surface area contributed by atoms with Gasteiger partial charge >= 0.3 is 0 Å². The fourth-order valence-corrected chi connectivity index (χ4v) is 2.67. The Hall–Kier alpha value is -3.22. The lowest BCUT2D eigenvalue weighted by molar-refractivity contribution is 0.104. The third-order valence-corrected chi connectivity index (χ3v) is 4.10. The molecule has 3 aromatic rings. The third kappa shape index (κ3) is 4.13. The van der Waals surface area contributed by atoms with Gasteiger partial charge in [0.1, 0.15) is 23.9 Å². The molecule has 0 bridgehead atoms. The summed E-state index contributed by atoms with van der Waals surface area (Å²) in [6.45, 7) is 3.59. The van der Waals surface area contributed by atoms with Gasteiger partial charge in [0.25, 0.3) is 0 Å². The third-order valence-electron chi connectivity index (χ3n) is 4.10. The highest BCUT2D eigenvalue weighted by atomic mass is 19.1. The van der Waals surface area contributed by atoms with Crippen molar-refractivity contribution < 1.29 is 22.7 Å². The van der Waals surface area contributed by atoms with Gasteiger partial charge in [-0.05, 0) is 50.3 Å². The van der Waals surface area contributed by atoms with Crippen LogP contribution < -0.4 is 4.74 Å². The molecular weight excluding hydrogens is 354 g/mol. The largest absolute Gasteiger partial charge is 0.483 e. The number of hydrogen-bond acceptors (Lipinski definition) is 4. The van der Waals surface area contributed by atoms with E-state index < -0.39 is 11.6 Å². The lowest BCUT2D eigenvalue weighted by atomic mass is 10.1. The molecule has 5 nitrogen and oxygen atoms in total. The van der Waals surface area contributed by atoms with Gasteiger partial charge in [-0.2, -0.15) is 5.10 Å². The number of carbonyl (C=O) groups is 1.